The Morgan fingerprint density at radius 3 is 2.42 bits per heavy atom. The highest BCUT2D eigenvalue weighted by molar-refractivity contribution is 6.31. The summed E-state index contributed by atoms with van der Waals surface area (Å²) in [5, 5.41) is 11.1. The summed E-state index contributed by atoms with van der Waals surface area (Å²) in [6.07, 6.45) is -3.72. The van der Waals surface area contributed by atoms with E-state index in [4.69, 9.17) is 11.6 Å². The molecule has 2 aromatic heterocycles. The van der Waals surface area contributed by atoms with Crippen LogP contribution in [0, 0.1) is 20.8 Å². The minimum atomic E-state index is -4.45. The van der Waals surface area contributed by atoms with Crippen LogP contribution in [0.2, 0.25) is 5.02 Å². The maximum atomic E-state index is 12.6. The molecule has 6 nitrogen and oxygen atoms in total. The first kappa shape index (κ1) is 20.3. The number of nitrogens with zero attached hydrogens (tertiary/aromatic N) is 4. The Bertz CT molecular complexity index is 782. The number of hydrogen-bond acceptors (Lipinski definition) is 3. The van der Waals surface area contributed by atoms with Crippen LogP contribution in [0.4, 0.5) is 13.2 Å². The lowest BCUT2D eigenvalue weighted by atomic mass is 10.3. The number of halogens is 4. The molecule has 0 aliphatic heterocycles. The first-order valence-corrected chi connectivity index (χ1v) is 8.55. The van der Waals surface area contributed by atoms with Crippen molar-refractivity contribution >= 4 is 17.5 Å². The molecule has 0 unspecified atom stereocenters. The summed E-state index contributed by atoms with van der Waals surface area (Å²) < 4.78 is 40.8. The predicted molar refractivity (Wildman–Crippen MR) is 90.9 cm³/mol. The average Bonchev–Trinajstić information content (AvgIpc) is 3.05. The number of aryl methyl sites for hydroxylation is 4. The maximum absolute atomic E-state index is 12.6. The second kappa shape index (κ2) is 8.11. The van der Waals surface area contributed by atoms with Gasteiger partial charge in [-0.25, -0.2) is 0 Å². The van der Waals surface area contributed by atoms with E-state index < -0.39 is 11.9 Å². The summed E-state index contributed by atoms with van der Waals surface area (Å²) in [6.45, 7) is 6.28. The number of amides is 1. The number of carbonyl (C=O) groups is 1. The molecule has 0 aromatic carbocycles. The van der Waals surface area contributed by atoms with Crippen LogP contribution in [0.3, 0.4) is 0 Å². The topological polar surface area (TPSA) is 64.7 Å². The molecule has 0 radical (unpaired) electrons. The Labute approximate surface area is 154 Å². The molecule has 1 amide bonds. The van der Waals surface area contributed by atoms with Crippen molar-refractivity contribution in [1.82, 2.24) is 24.9 Å². The van der Waals surface area contributed by atoms with E-state index in [0.29, 0.717) is 36.8 Å². The highest BCUT2D eigenvalue weighted by Crippen LogP contribution is 2.28. The molecule has 0 bridgehead atoms. The van der Waals surface area contributed by atoms with Gasteiger partial charge in [-0.05, 0) is 33.3 Å². The van der Waals surface area contributed by atoms with Crippen LogP contribution in [0.1, 0.15) is 35.6 Å². The van der Waals surface area contributed by atoms with Crippen molar-refractivity contribution in [2.24, 2.45) is 0 Å². The van der Waals surface area contributed by atoms with E-state index in [-0.39, 0.29) is 12.3 Å². The van der Waals surface area contributed by atoms with Crippen molar-refractivity contribution in [3.05, 3.63) is 33.9 Å². The molecule has 0 saturated carbocycles. The van der Waals surface area contributed by atoms with E-state index in [9.17, 15) is 18.0 Å². The summed E-state index contributed by atoms with van der Waals surface area (Å²) in [4.78, 5) is 11.9. The standard InChI is InChI=1S/C16H21ClF3N5O/c1-10-9-13(16(18,19)20)23-24(10)7-4-6-21-14(26)5-8-25-12(3)15(17)11(2)22-25/h9H,4-8H2,1-3H3,(H,21,26). The van der Waals surface area contributed by atoms with Crippen molar-refractivity contribution in [1.29, 1.82) is 0 Å². The average molecular weight is 392 g/mol. The van der Waals surface area contributed by atoms with Gasteiger partial charge in [0.25, 0.3) is 0 Å². The molecular formula is C16H21ClF3N5O. The Kier molecular flexibility index (Phi) is 6.33. The van der Waals surface area contributed by atoms with Crippen LogP contribution in [-0.4, -0.2) is 32.0 Å². The second-order valence-electron chi connectivity index (χ2n) is 6.05. The largest absolute Gasteiger partial charge is 0.435 e. The van der Waals surface area contributed by atoms with Gasteiger partial charge in [-0.3, -0.25) is 14.2 Å². The van der Waals surface area contributed by atoms with Crippen LogP contribution in [-0.2, 0) is 24.1 Å². The Morgan fingerprint density at radius 2 is 1.88 bits per heavy atom. The van der Waals surface area contributed by atoms with Crippen LogP contribution in [0.15, 0.2) is 6.07 Å². The number of rotatable bonds is 7. The molecule has 1 N–H and O–H groups in total. The fourth-order valence-electron chi connectivity index (χ4n) is 2.52. The minimum absolute atomic E-state index is 0.151. The zero-order valence-corrected chi connectivity index (χ0v) is 15.6. The SMILES string of the molecule is Cc1nn(CCC(=O)NCCCn2nc(C(F)(F)F)cc2C)c(C)c1Cl. The third kappa shape index (κ3) is 5.00. The van der Waals surface area contributed by atoms with E-state index in [0.717, 1.165) is 17.5 Å². The molecule has 0 fully saturated rings. The van der Waals surface area contributed by atoms with Crippen molar-refractivity contribution in [3.8, 4) is 0 Å². The molecule has 2 rings (SSSR count). The summed E-state index contributed by atoms with van der Waals surface area (Å²) in [6, 6.07) is 1.01. The van der Waals surface area contributed by atoms with Gasteiger partial charge in [-0.15, -0.1) is 0 Å². The lowest BCUT2D eigenvalue weighted by Crippen LogP contribution is -2.26. The van der Waals surface area contributed by atoms with Gasteiger partial charge in [0.15, 0.2) is 5.69 Å². The van der Waals surface area contributed by atoms with Gasteiger partial charge in [0.1, 0.15) is 0 Å². The van der Waals surface area contributed by atoms with Crippen LogP contribution in [0.25, 0.3) is 0 Å². The number of hydrogen-bond donors (Lipinski definition) is 1. The Morgan fingerprint density at radius 1 is 1.19 bits per heavy atom. The number of alkyl halides is 3. The van der Waals surface area contributed by atoms with Crippen molar-refractivity contribution in [2.45, 2.75) is 52.9 Å². The molecule has 0 aliphatic carbocycles. The van der Waals surface area contributed by atoms with Crippen LogP contribution >= 0.6 is 11.6 Å². The highest BCUT2D eigenvalue weighted by Gasteiger charge is 2.34. The van der Waals surface area contributed by atoms with E-state index in [1.807, 2.05) is 6.92 Å². The van der Waals surface area contributed by atoms with Crippen LogP contribution < -0.4 is 5.32 Å². The molecule has 2 heterocycles. The first-order chi connectivity index (χ1) is 12.1. The minimum Gasteiger partial charge on any atom is -0.356 e. The van der Waals surface area contributed by atoms with Gasteiger partial charge in [0.2, 0.25) is 5.91 Å². The second-order valence-corrected chi connectivity index (χ2v) is 6.43. The fourth-order valence-corrected chi connectivity index (χ4v) is 2.66. The van der Waals surface area contributed by atoms with E-state index >= 15 is 0 Å². The lowest BCUT2D eigenvalue weighted by Gasteiger charge is -2.08. The summed E-state index contributed by atoms with van der Waals surface area (Å²) in [7, 11) is 0. The number of nitrogens with one attached hydrogen (secondary N) is 1. The van der Waals surface area contributed by atoms with E-state index in [1.165, 1.54) is 4.68 Å². The molecule has 0 spiro atoms. The Hall–Kier alpha value is -2.03. The molecule has 0 atom stereocenters. The maximum Gasteiger partial charge on any atom is 0.435 e. The molecule has 0 saturated heterocycles. The van der Waals surface area contributed by atoms with Gasteiger partial charge in [0, 0.05) is 25.2 Å². The van der Waals surface area contributed by atoms with Crippen molar-refractivity contribution in [2.75, 3.05) is 6.54 Å². The zero-order chi connectivity index (χ0) is 19.5. The molecule has 144 valence electrons. The Balaban J connectivity index is 1.73. The summed E-state index contributed by atoms with van der Waals surface area (Å²) >= 11 is 6.05. The zero-order valence-electron chi connectivity index (χ0n) is 14.8. The lowest BCUT2D eigenvalue weighted by molar-refractivity contribution is -0.141. The third-order valence-electron chi connectivity index (χ3n) is 3.98. The van der Waals surface area contributed by atoms with Gasteiger partial charge in [-0.1, -0.05) is 11.6 Å². The first-order valence-electron chi connectivity index (χ1n) is 8.17. The molecular weight excluding hydrogens is 371 g/mol. The monoisotopic (exact) mass is 391 g/mol. The molecule has 2 aromatic rings. The van der Waals surface area contributed by atoms with E-state index in [1.54, 1.807) is 18.5 Å². The van der Waals surface area contributed by atoms with E-state index in [2.05, 4.69) is 15.5 Å². The van der Waals surface area contributed by atoms with Crippen molar-refractivity contribution < 1.29 is 18.0 Å². The highest BCUT2D eigenvalue weighted by atomic mass is 35.5. The smallest absolute Gasteiger partial charge is 0.356 e. The van der Waals surface area contributed by atoms with Gasteiger partial charge in [0.05, 0.1) is 23.0 Å². The number of aromatic nitrogens is 4. The molecule has 0 aliphatic rings. The van der Waals surface area contributed by atoms with Crippen LogP contribution in [0.5, 0.6) is 0 Å². The summed E-state index contributed by atoms with van der Waals surface area (Å²) in [5.41, 5.74) is 1.07. The summed E-state index contributed by atoms with van der Waals surface area (Å²) in [5.74, 6) is -0.151. The molecule has 10 heteroatoms. The van der Waals surface area contributed by atoms with Gasteiger partial charge >= 0.3 is 6.18 Å². The number of carbonyl (C=O) groups excluding carboxylic acids is 1. The quantitative estimate of drug-likeness (QED) is 0.737. The van der Waals surface area contributed by atoms with Gasteiger partial charge < -0.3 is 5.32 Å². The third-order valence-corrected chi connectivity index (χ3v) is 4.53. The van der Waals surface area contributed by atoms with Gasteiger partial charge in [-0.2, -0.15) is 23.4 Å². The molecule has 26 heavy (non-hydrogen) atoms. The predicted octanol–water partition coefficient (Wildman–Crippen LogP) is 3.27. The normalized spacial score (nSPS) is 11.8. The fraction of sp³-hybridized carbons (Fsp3) is 0.562. The van der Waals surface area contributed by atoms with Crippen molar-refractivity contribution in [3.63, 3.8) is 0 Å².